The first-order valence-electron chi connectivity index (χ1n) is 6.23. The summed E-state index contributed by atoms with van der Waals surface area (Å²) >= 11 is 3.31. The highest BCUT2D eigenvalue weighted by atomic mass is 79.9. The number of carbonyl (C=O) groups is 1. The van der Waals surface area contributed by atoms with Crippen LogP contribution in [-0.2, 0) is 9.47 Å². The second-order valence-electron chi connectivity index (χ2n) is 4.37. The van der Waals surface area contributed by atoms with Crippen molar-refractivity contribution in [3.8, 4) is 5.75 Å². The average molecular weight is 347 g/mol. The molecule has 0 aromatic heterocycles. The highest BCUT2D eigenvalue weighted by Gasteiger charge is 2.10. The van der Waals surface area contributed by atoms with Gasteiger partial charge in [-0.1, -0.05) is 0 Å². The largest absolute Gasteiger partial charge is 0.490 e. The third-order valence-electron chi connectivity index (χ3n) is 2.50. The lowest BCUT2D eigenvalue weighted by Gasteiger charge is -2.17. The van der Waals surface area contributed by atoms with Crippen LogP contribution in [0.25, 0.3) is 0 Å². The Hall–Kier alpha value is -0.950. The Labute approximate surface area is 127 Å². The molecule has 5 nitrogen and oxygen atoms in total. The van der Waals surface area contributed by atoms with Crippen LogP contribution in [0.5, 0.6) is 5.75 Å². The van der Waals surface area contributed by atoms with Crippen molar-refractivity contribution >= 4 is 22.2 Å². The topological polar surface area (TPSA) is 65.0 Å². The van der Waals surface area contributed by atoms with Gasteiger partial charge in [0.2, 0.25) is 0 Å². The number of methoxy groups -OCH3 is 1. The van der Waals surface area contributed by atoms with Crippen LogP contribution in [0.3, 0.4) is 0 Å². The first-order valence-corrected chi connectivity index (χ1v) is 7.02. The molecule has 0 spiro atoms. The number of aliphatic hydroxyl groups excluding tert-OH is 1. The van der Waals surface area contributed by atoms with E-state index in [1.54, 1.807) is 25.3 Å². The number of benzene rings is 1. The molecule has 0 aliphatic rings. The van der Waals surface area contributed by atoms with E-state index < -0.39 is 6.10 Å². The number of aldehydes is 1. The monoisotopic (exact) mass is 346 g/mol. The average Bonchev–Trinajstić information content (AvgIpc) is 2.44. The van der Waals surface area contributed by atoms with E-state index in [1.165, 1.54) is 0 Å². The Balaban J connectivity index is 2.37. The van der Waals surface area contributed by atoms with Crippen LogP contribution < -0.4 is 4.74 Å². The van der Waals surface area contributed by atoms with Gasteiger partial charge in [-0.25, -0.2) is 0 Å². The number of hydrogen-bond acceptors (Lipinski definition) is 5. The van der Waals surface area contributed by atoms with E-state index in [2.05, 4.69) is 15.9 Å². The molecule has 0 fully saturated rings. The van der Waals surface area contributed by atoms with Gasteiger partial charge in [0.1, 0.15) is 24.7 Å². The van der Waals surface area contributed by atoms with Crippen molar-refractivity contribution in [1.82, 2.24) is 0 Å². The molecule has 1 aromatic rings. The zero-order valence-corrected chi connectivity index (χ0v) is 13.1. The number of ether oxygens (including phenoxy) is 3. The Morgan fingerprint density at radius 3 is 2.70 bits per heavy atom. The fraction of sp³-hybridized carbons (Fsp3) is 0.500. The summed E-state index contributed by atoms with van der Waals surface area (Å²) in [5, 5.41) is 9.76. The predicted molar refractivity (Wildman–Crippen MR) is 78.3 cm³/mol. The molecule has 0 saturated heterocycles. The van der Waals surface area contributed by atoms with Gasteiger partial charge in [-0.15, -0.1) is 0 Å². The second-order valence-corrected chi connectivity index (χ2v) is 5.23. The molecular weight excluding hydrogens is 328 g/mol. The van der Waals surface area contributed by atoms with Gasteiger partial charge >= 0.3 is 0 Å². The van der Waals surface area contributed by atoms with Crippen LogP contribution in [0.15, 0.2) is 22.7 Å². The van der Waals surface area contributed by atoms with Crippen LogP contribution in [-0.4, -0.2) is 50.5 Å². The number of rotatable bonds is 9. The fourth-order valence-corrected chi connectivity index (χ4v) is 2.01. The van der Waals surface area contributed by atoms with Crippen molar-refractivity contribution in [3.05, 3.63) is 28.2 Å². The molecular formula is C14H19BrO5. The van der Waals surface area contributed by atoms with Crippen LogP contribution in [0, 0.1) is 0 Å². The van der Waals surface area contributed by atoms with Crippen molar-refractivity contribution in [1.29, 1.82) is 0 Å². The van der Waals surface area contributed by atoms with Gasteiger partial charge in [-0.2, -0.15) is 0 Å². The van der Waals surface area contributed by atoms with Crippen LogP contribution in [0.2, 0.25) is 0 Å². The van der Waals surface area contributed by atoms with Gasteiger partial charge in [0.15, 0.2) is 0 Å². The zero-order valence-electron chi connectivity index (χ0n) is 11.5. The second kappa shape index (κ2) is 9.07. The molecule has 112 valence electrons. The first-order chi connectivity index (χ1) is 9.56. The van der Waals surface area contributed by atoms with Crippen LogP contribution in [0.1, 0.15) is 17.3 Å². The summed E-state index contributed by atoms with van der Waals surface area (Å²) in [5.74, 6) is 0.569. The van der Waals surface area contributed by atoms with E-state index in [9.17, 15) is 9.90 Å². The molecule has 0 heterocycles. The Morgan fingerprint density at radius 1 is 1.35 bits per heavy atom. The van der Waals surface area contributed by atoms with Gasteiger partial charge in [0.25, 0.3) is 0 Å². The number of hydrogen-bond donors (Lipinski definition) is 1. The number of aliphatic hydroxyl groups is 1. The lowest BCUT2D eigenvalue weighted by atomic mass is 10.2. The van der Waals surface area contributed by atoms with Gasteiger partial charge in [0, 0.05) is 12.7 Å². The molecule has 0 saturated carbocycles. The Morgan fingerprint density at radius 2 is 2.10 bits per heavy atom. The number of carbonyl (C=O) groups excluding carboxylic acids is 1. The molecule has 2 unspecified atom stereocenters. The van der Waals surface area contributed by atoms with Gasteiger partial charge in [-0.05, 0) is 41.1 Å². The van der Waals surface area contributed by atoms with Crippen molar-refractivity contribution in [2.45, 2.75) is 19.1 Å². The van der Waals surface area contributed by atoms with Gasteiger partial charge in [0.05, 0.1) is 23.8 Å². The summed E-state index contributed by atoms with van der Waals surface area (Å²) in [5.41, 5.74) is 0.557. The maximum absolute atomic E-state index is 10.6. The summed E-state index contributed by atoms with van der Waals surface area (Å²) in [4.78, 5) is 10.6. The summed E-state index contributed by atoms with van der Waals surface area (Å²) < 4.78 is 16.5. The molecule has 20 heavy (non-hydrogen) atoms. The predicted octanol–water partition coefficient (Wildman–Crippen LogP) is 2.05. The minimum absolute atomic E-state index is 0.0757. The highest BCUT2D eigenvalue weighted by molar-refractivity contribution is 9.10. The van der Waals surface area contributed by atoms with E-state index in [0.29, 0.717) is 22.4 Å². The van der Waals surface area contributed by atoms with E-state index in [-0.39, 0.29) is 19.3 Å². The van der Waals surface area contributed by atoms with Crippen molar-refractivity contribution in [2.24, 2.45) is 0 Å². The third kappa shape index (κ3) is 6.00. The molecule has 1 N–H and O–H groups in total. The van der Waals surface area contributed by atoms with E-state index in [0.717, 1.165) is 6.29 Å². The van der Waals surface area contributed by atoms with E-state index in [4.69, 9.17) is 14.2 Å². The lowest BCUT2D eigenvalue weighted by Crippen LogP contribution is -2.27. The molecule has 0 radical (unpaired) electrons. The summed E-state index contributed by atoms with van der Waals surface area (Å²) in [6, 6.07) is 4.98. The molecule has 0 amide bonds. The lowest BCUT2D eigenvalue weighted by molar-refractivity contribution is -0.0423. The van der Waals surface area contributed by atoms with E-state index >= 15 is 0 Å². The first kappa shape index (κ1) is 17.1. The van der Waals surface area contributed by atoms with Crippen LogP contribution in [0.4, 0.5) is 0 Å². The molecule has 2 atom stereocenters. The minimum Gasteiger partial charge on any atom is -0.490 e. The quantitative estimate of drug-likeness (QED) is 0.693. The Bertz CT molecular complexity index is 424. The van der Waals surface area contributed by atoms with E-state index in [1.807, 2.05) is 6.92 Å². The highest BCUT2D eigenvalue weighted by Crippen LogP contribution is 2.25. The summed E-state index contributed by atoms with van der Waals surface area (Å²) in [6.07, 6.45) is -0.0470. The maximum atomic E-state index is 10.6. The van der Waals surface area contributed by atoms with Gasteiger partial charge < -0.3 is 19.3 Å². The standard InChI is InChI=1S/C14H19BrO5/c1-10(7-18-2)19-8-12(17)9-20-14-4-3-11(6-16)5-13(14)15/h3-6,10,12,17H,7-9H2,1-2H3. The van der Waals surface area contributed by atoms with Crippen LogP contribution >= 0.6 is 15.9 Å². The molecule has 1 rings (SSSR count). The van der Waals surface area contributed by atoms with Crippen molar-refractivity contribution < 1.29 is 24.1 Å². The molecule has 1 aromatic carbocycles. The Kier molecular flexibility index (Phi) is 7.76. The third-order valence-corrected chi connectivity index (χ3v) is 3.12. The number of halogens is 1. The SMILES string of the molecule is COCC(C)OCC(O)COc1ccc(C=O)cc1Br. The molecule has 0 bridgehead atoms. The van der Waals surface area contributed by atoms with Crippen molar-refractivity contribution in [2.75, 3.05) is 26.9 Å². The van der Waals surface area contributed by atoms with Crippen molar-refractivity contribution in [3.63, 3.8) is 0 Å². The smallest absolute Gasteiger partial charge is 0.150 e. The molecule has 0 aliphatic heterocycles. The fourth-order valence-electron chi connectivity index (χ4n) is 1.50. The normalized spacial score (nSPS) is 13.8. The molecule has 0 aliphatic carbocycles. The minimum atomic E-state index is -0.730. The maximum Gasteiger partial charge on any atom is 0.150 e. The molecule has 6 heteroatoms. The summed E-state index contributed by atoms with van der Waals surface area (Å²) in [7, 11) is 1.60. The summed E-state index contributed by atoms with van der Waals surface area (Å²) in [6.45, 7) is 2.63. The van der Waals surface area contributed by atoms with Gasteiger partial charge in [-0.3, -0.25) is 4.79 Å². The zero-order chi connectivity index (χ0) is 15.0.